The summed E-state index contributed by atoms with van der Waals surface area (Å²) in [7, 11) is -2.92. The van der Waals surface area contributed by atoms with E-state index in [-0.39, 0.29) is 37.3 Å². The number of halogens is 5. The molecule has 0 aromatic heterocycles. The molecule has 152 valence electrons. The molecule has 0 radical (unpaired) electrons. The van der Waals surface area contributed by atoms with E-state index in [4.69, 9.17) is 23.2 Å². The SMILES string of the molecule is CN(CC(=O)Nc1c(Cl)cccc1Cl)S(=O)(=O)c1ccc(SC(F)(F)F)cc1. The number of benzene rings is 2. The molecule has 0 spiro atoms. The summed E-state index contributed by atoms with van der Waals surface area (Å²) >= 11 is 11.5. The van der Waals surface area contributed by atoms with E-state index >= 15 is 0 Å². The van der Waals surface area contributed by atoms with Crippen LogP contribution in [-0.4, -0.2) is 37.7 Å². The summed E-state index contributed by atoms with van der Waals surface area (Å²) < 4.78 is 62.9. The lowest BCUT2D eigenvalue weighted by Gasteiger charge is -2.18. The third-order valence-corrected chi connectivity index (χ3v) is 6.55. The Bertz CT molecular complexity index is 948. The van der Waals surface area contributed by atoms with Crippen molar-refractivity contribution in [3.05, 3.63) is 52.5 Å². The first-order valence-electron chi connectivity index (χ1n) is 7.46. The van der Waals surface area contributed by atoms with Crippen LogP contribution in [0.1, 0.15) is 0 Å². The highest BCUT2D eigenvalue weighted by molar-refractivity contribution is 8.00. The van der Waals surface area contributed by atoms with E-state index in [0.29, 0.717) is 0 Å². The second-order valence-corrected chi connectivity index (χ2v) is 9.42. The number of likely N-dealkylation sites (N-methyl/N-ethyl adjacent to an activating group) is 1. The molecule has 0 fully saturated rings. The van der Waals surface area contributed by atoms with Crippen molar-refractivity contribution in [3.63, 3.8) is 0 Å². The van der Waals surface area contributed by atoms with Gasteiger partial charge in [-0.1, -0.05) is 29.3 Å². The zero-order valence-electron chi connectivity index (χ0n) is 14.1. The Hall–Kier alpha value is -1.46. The number of sulfonamides is 1. The molecule has 28 heavy (non-hydrogen) atoms. The molecule has 0 aliphatic heterocycles. The van der Waals surface area contributed by atoms with Crippen LogP contribution in [0.4, 0.5) is 18.9 Å². The van der Waals surface area contributed by atoms with Crippen molar-refractivity contribution in [2.24, 2.45) is 0 Å². The van der Waals surface area contributed by atoms with Gasteiger partial charge in [-0.2, -0.15) is 17.5 Å². The van der Waals surface area contributed by atoms with Gasteiger partial charge in [0.05, 0.1) is 27.2 Å². The molecule has 0 saturated heterocycles. The summed E-state index contributed by atoms with van der Waals surface area (Å²) in [5, 5.41) is 2.80. The molecule has 5 nitrogen and oxygen atoms in total. The number of hydrogen-bond donors (Lipinski definition) is 1. The third-order valence-electron chi connectivity index (χ3n) is 3.36. The minimum Gasteiger partial charge on any atom is -0.322 e. The number of nitrogens with zero attached hydrogens (tertiary/aromatic N) is 1. The Morgan fingerprint density at radius 2 is 1.64 bits per heavy atom. The molecule has 0 heterocycles. The summed E-state index contributed by atoms with van der Waals surface area (Å²) in [6, 6.07) is 8.77. The second-order valence-electron chi connectivity index (χ2n) is 5.43. The van der Waals surface area contributed by atoms with E-state index in [0.717, 1.165) is 28.6 Å². The van der Waals surface area contributed by atoms with E-state index < -0.39 is 28.0 Å². The summed E-state index contributed by atoms with van der Waals surface area (Å²) in [5.41, 5.74) is -4.33. The first-order valence-corrected chi connectivity index (χ1v) is 10.5. The van der Waals surface area contributed by atoms with Crippen LogP contribution in [0.5, 0.6) is 0 Å². The molecule has 0 aliphatic rings. The number of alkyl halides is 3. The predicted octanol–water partition coefficient (Wildman–Crippen LogP) is 4.86. The minimum atomic E-state index is -4.48. The number of para-hydroxylation sites is 1. The zero-order chi connectivity index (χ0) is 21.1. The predicted molar refractivity (Wildman–Crippen MR) is 103 cm³/mol. The van der Waals surface area contributed by atoms with Gasteiger partial charge in [-0.15, -0.1) is 0 Å². The van der Waals surface area contributed by atoms with Gasteiger partial charge >= 0.3 is 5.51 Å². The molecule has 2 aromatic carbocycles. The molecule has 1 amide bonds. The molecule has 0 bridgehead atoms. The average molecular weight is 473 g/mol. The molecule has 0 aliphatic carbocycles. The van der Waals surface area contributed by atoms with Crippen LogP contribution in [0.2, 0.25) is 10.0 Å². The molecule has 0 atom stereocenters. The maximum Gasteiger partial charge on any atom is 0.446 e. The van der Waals surface area contributed by atoms with Crippen LogP contribution in [0.3, 0.4) is 0 Å². The highest BCUT2D eigenvalue weighted by atomic mass is 35.5. The number of nitrogens with one attached hydrogen (secondary N) is 1. The number of carbonyl (C=O) groups is 1. The fourth-order valence-electron chi connectivity index (χ4n) is 2.08. The molecule has 12 heteroatoms. The molecular weight excluding hydrogens is 460 g/mol. The van der Waals surface area contributed by atoms with Crippen molar-refractivity contribution in [1.82, 2.24) is 4.31 Å². The summed E-state index contributed by atoms with van der Waals surface area (Å²) in [4.78, 5) is 11.8. The summed E-state index contributed by atoms with van der Waals surface area (Å²) in [6.07, 6.45) is 0. The minimum absolute atomic E-state index is 0.148. The van der Waals surface area contributed by atoms with E-state index in [1.807, 2.05) is 0 Å². The van der Waals surface area contributed by atoms with Crippen LogP contribution in [0.25, 0.3) is 0 Å². The van der Waals surface area contributed by atoms with Crippen molar-refractivity contribution >= 4 is 56.6 Å². The first-order chi connectivity index (χ1) is 12.9. The van der Waals surface area contributed by atoms with Crippen molar-refractivity contribution in [2.75, 3.05) is 18.9 Å². The average Bonchev–Trinajstić information content (AvgIpc) is 2.57. The Kier molecular flexibility index (Phi) is 7.27. The quantitative estimate of drug-likeness (QED) is 0.609. The first kappa shape index (κ1) is 22.8. The van der Waals surface area contributed by atoms with Crippen molar-refractivity contribution in [1.29, 1.82) is 0 Å². The van der Waals surface area contributed by atoms with Crippen molar-refractivity contribution in [2.45, 2.75) is 15.3 Å². The van der Waals surface area contributed by atoms with Crippen LogP contribution in [0.15, 0.2) is 52.3 Å². The zero-order valence-corrected chi connectivity index (χ0v) is 17.3. The molecule has 2 rings (SSSR count). The number of rotatable bonds is 6. The van der Waals surface area contributed by atoms with E-state index in [1.54, 1.807) is 6.07 Å². The molecule has 2 aromatic rings. The van der Waals surface area contributed by atoms with Gasteiger partial charge in [0.25, 0.3) is 0 Å². The molecule has 0 saturated carbocycles. The molecule has 0 unspecified atom stereocenters. The van der Waals surface area contributed by atoms with E-state index in [1.165, 1.54) is 19.2 Å². The Morgan fingerprint density at radius 3 is 2.14 bits per heavy atom. The van der Waals surface area contributed by atoms with Gasteiger partial charge < -0.3 is 5.32 Å². The van der Waals surface area contributed by atoms with Gasteiger partial charge in [-0.05, 0) is 48.2 Å². The highest BCUT2D eigenvalue weighted by Crippen LogP contribution is 2.37. The smallest absolute Gasteiger partial charge is 0.322 e. The van der Waals surface area contributed by atoms with Crippen molar-refractivity contribution in [3.8, 4) is 0 Å². The van der Waals surface area contributed by atoms with Gasteiger partial charge in [0, 0.05) is 11.9 Å². The molecule has 1 N–H and O–H groups in total. The molecular formula is C16H13Cl2F3N2O3S2. The van der Waals surface area contributed by atoms with Crippen LogP contribution in [-0.2, 0) is 14.8 Å². The lowest BCUT2D eigenvalue weighted by atomic mass is 10.3. The Labute approximate surface area is 173 Å². The fourth-order valence-corrected chi connectivity index (χ4v) is 4.24. The van der Waals surface area contributed by atoms with Gasteiger partial charge in [-0.25, -0.2) is 8.42 Å². The van der Waals surface area contributed by atoms with E-state index in [2.05, 4.69) is 5.32 Å². The number of amides is 1. The summed E-state index contributed by atoms with van der Waals surface area (Å²) in [5.74, 6) is -0.690. The number of thioether (sulfide) groups is 1. The third kappa shape index (κ3) is 6.02. The lowest BCUT2D eigenvalue weighted by Crippen LogP contribution is -2.35. The summed E-state index contributed by atoms with van der Waals surface area (Å²) in [6.45, 7) is -0.553. The van der Waals surface area contributed by atoms with Crippen LogP contribution in [0, 0.1) is 0 Å². The van der Waals surface area contributed by atoms with Gasteiger partial charge in [-0.3, -0.25) is 4.79 Å². The Morgan fingerprint density at radius 1 is 1.11 bits per heavy atom. The maximum atomic E-state index is 12.5. The lowest BCUT2D eigenvalue weighted by molar-refractivity contribution is -0.116. The fraction of sp³-hybridized carbons (Fsp3) is 0.188. The maximum absolute atomic E-state index is 12.5. The van der Waals surface area contributed by atoms with Crippen LogP contribution < -0.4 is 5.32 Å². The van der Waals surface area contributed by atoms with Gasteiger partial charge in [0.15, 0.2) is 0 Å². The monoisotopic (exact) mass is 472 g/mol. The number of hydrogen-bond acceptors (Lipinski definition) is 4. The largest absolute Gasteiger partial charge is 0.446 e. The van der Waals surface area contributed by atoms with Crippen LogP contribution >= 0.6 is 35.0 Å². The number of anilines is 1. The number of carbonyl (C=O) groups excluding carboxylic acids is 1. The van der Waals surface area contributed by atoms with Gasteiger partial charge in [0.1, 0.15) is 0 Å². The highest BCUT2D eigenvalue weighted by Gasteiger charge is 2.30. The standard InChI is InChI=1S/C16H13Cl2F3N2O3S2/c1-23(9-14(24)22-15-12(17)3-2-4-13(15)18)28(25,26)11-7-5-10(6-8-11)27-16(19,20)21/h2-8H,9H2,1H3,(H,22,24). The normalized spacial score (nSPS) is 12.2. The Balaban J connectivity index is 2.10. The second kappa shape index (κ2) is 8.91. The topological polar surface area (TPSA) is 66.5 Å². The van der Waals surface area contributed by atoms with E-state index in [9.17, 15) is 26.4 Å². The van der Waals surface area contributed by atoms with Gasteiger partial charge in [0.2, 0.25) is 15.9 Å². The van der Waals surface area contributed by atoms with Crippen molar-refractivity contribution < 1.29 is 26.4 Å².